The second-order valence-electron chi connectivity index (χ2n) is 10.9. The highest BCUT2D eigenvalue weighted by atomic mass is 32.1. The molecular weight excluding hydrogens is 576 g/mol. The first-order chi connectivity index (χ1) is 21.2. The maximum atomic E-state index is 13.4. The molecule has 0 radical (unpaired) electrons. The maximum absolute atomic E-state index is 13.4. The third-order valence-electron chi connectivity index (χ3n) is 7.69. The number of hydrogen-bond donors (Lipinski definition) is 3. The molecule has 0 spiro atoms. The van der Waals surface area contributed by atoms with Gasteiger partial charge in [0.2, 0.25) is 0 Å². The second kappa shape index (κ2) is 13.6. The number of amides is 3. The van der Waals surface area contributed by atoms with Gasteiger partial charge in [0.05, 0.1) is 23.8 Å². The smallest absolute Gasteiger partial charge is 0.305 e. The Bertz CT molecular complexity index is 1630. The van der Waals surface area contributed by atoms with Crippen LogP contribution in [0.3, 0.4) is 0 Å². The standard InChI is InChI=1S/C34H34N4O5S/c1-22-21-38(34(43)25-12-7-4-8-13-25)23(2)20-37(22)29-16-15-26(18-27(29)35-32(41)24-10-5-3-6-11-24)33(42)36-28(19-31(39)40)30-14-9-17-44-30/h3-18,22-23,28H,19-21H2,1-2H3,(H,35,41)(H,36,42)(H,39,40). The summed E-state index contributed by atoms with van der Waals surface area (Å²) in [6.45, 7) is 5.01. The number of aliphatic carboxylic acids is 1. The number of thiophene rings is 1. The van der Waals surface area contributed by atoms with Gasteiger partial charge in [-0.25, -0.2) is 0 Å². The molecule has 3 N–H and O–H groups in total. The van der Waals surface area contributed by atoms with Crippen LogP contribution in [0.25, 0.3) is 0 Å². The summed E-state index contributed by atoms with van der Waals surface area (Å²) in [6, 6.07) is 25.8. The molecule has 4 aromatic rings. The summed E-state index contributed by atoms with van der Waals surface area (Å²) in [7, 11) is 0. The molecule has 3 atom stereocenters. The number of rotatable bonds is 9. The van der Waals surface area contributed by atoms with Crippen molar-refractivity contribution >= 4 is 46.4 Å². The average Bonchev–Trinajstić information content (AvgIpc) is 3.57. The highest BCUT2D eigenvalue weighted by Gasteiger charge is 2.34. The predicted octanol–water partition coefficient (Wildman–Crippen LogP) is 5.69. The minimum absolute atomic E-state index is 0.0316. The fraction of sp³-hybridized carbons (Fsp3) is 0.235. The zero-order valence-corrected chi connectivity index (χ0v) is 25.3. The van der Waals surface area contributed by atoms with Crippen molar-refractivity contribution in [2.75, 3.05) is 23.3 Å². The van der Waals surface area contributed by atoms with Crippen LogP contribution in [0.2, 0.25) is 0 Å². The van der Waals surface area contributed by atoms with Crippen LogP contribution in [0.4, 0.5) is 11.4 Å². The van der Waals surface area contributed by atoms with Gasteiger partial charge in [-0.1, -0.05) is 42.5 Å². The Hall–Kier alpha value is -4.96. The molecule has 10 heteroatoms. The largest absolute Gasteiger partial charge is 0.481 e. The minimum Gasteiger partial charge on any atom is -0.481 e. The number of carbonyl (C=O) groups excluding carboxylic acids is 3. The summed E-state index contributed by atoms with van der Waals surface area (Å²) in [4.78, 5) is 56.3. The lowest BCUT2D eigenvalue weighted by atomic mass is 10.0. The molecule has 1 aliphatic rings. The zero-order valence-electron chi connectivity index (χ0n) is 24.5. The lowest BCUT2D eigenvalue weighted by Crippen LogP contribution is -2.58. The topological polar surface area (TPSA) is 119 Å². The SMILES string of the molecule is CC1CN(c2ccc(C(=O)NC(CC(=O)O)c3cccs3)cc2NC(=O)c2ccccc2)C(C)CN1C(=O)c1ccccc1. The van der Waals surface area contributed by atoms with Crippen molar-refractivity contribution < 1.29 is 24.3 Å². The van der Waals surface area contributed by atoms with E-state index in [1.807, 2.05) is 66.6 Å². The van der Waals surface area contributed by atoms with Crippen molar-refractivity contribution in [1.82, 2.24) is 10.2 Å². The van der Waals surface area contributed by atoms with Crippen molar-refractivity contribution in [2.45, 2.75) is 38.4 Å². The molecule has 2 heterocycles. The summed E-state index contributed by atoms with van der Waals surface area (Å²) in [5, 5.41) is 17.1. The van der Waals surface area contributed by atoms with E-state index in [1.165, 1.54) is 11.3 Å². The van der Waals surface area contributed by atoms with Crippen LogP contribution in [0.15, 0.2) is 96.4 Å². The van der Waals surface area contributed by atoms with Crippen molar-refractivity contribution in [2.24, 2.45) is 0 Å². The zero-order chi connectivity index (χ0) is 31.2. The Morgan fingerprint density at radius 2 is 1.50 bits per heavy atom. The fourth-order valence-corrected chi connectivity index (χ4v) is 6.21. The number of anilines is 2. The fourth-order valence-electron chi connectivity index (χ4n) is 5.43. The van der Waals surface area contributed by atoms with E-state index in [4.69, 9.17) is 0 Å². The first-order valence-corrected chi connectivity index (χ1v) is 15.3. The molecular formula is C34H34N4O5S. The van der Waals surface area contributed by atoms with Gasteiger partial charge in [0.1, 0.15) is 0 Å². The predicted molar refractivity (Wildman–Crippen MR) is 171 cm³/mol. The molecule has 3 aromatic carbocycles. The molecule has 0 saturated carbocycles. The molecule has 226 valence electrons. The van der Waals surface area contributed by atoms with Crippen LogP contribution in [0.1, 0.15) is 62.3 Å². The molecule has 3 amide bonds. The van der Waals surface area contributed by atoms with Gasteiger partial charge in [0.25, 0.3) is 17.7 Å². The van der Waals surface area contributed by atoms with Gasteiger partial charge in [-0.15, -0.1) is 11.3 Å². The summed E-state index contributed by atoms with van der Waals surface area (Å²) in [5.41, 5.74) is 2.54. The molecule has 0 bridgehead atoms. The Kier molecular flexibility index (Phi) is 9.40. The first kappa shape index (κ1) is 30.5. The molecule has 0 aliphatic carbocycles. The minimum atomic E-state index is -1.03. The normalized spacial score (nSPS) is 17.0. The van der Waals surface area contributed by atoms with E-state index in [2.05, 4.69) is 15.5 Å². The number of carboxylic acid groups (broad SMARTS) is 1. The summed E-state index contributed by atoms with van der Waals surface area (Å²) >= 11 is 1.37. The number of piperazine rings is 1. The number of carboxylic acids is 1. The van der Waals surface area contributed by atoms with E-state index < -0.39 is 17.9 Å². The van der Waals surface area contributed by atoms with Crippen molar-refractivity contribution in [3.63, 3.8) is 0 Å². The number of hydrogen-bond acceptors (Lipinski definition) is 6. The molecule has 1 fully saturated rings. The van der Waals surface area contributed by atoms with Gasteiger partial charge in [-0.2, -0.15) is 0 Å². The number of benzene rings is 3. The third kappa shape index (κ3) is 6.98. The van der Waals surface area contributed by atoms with Gasteiger partial charge >= 0.3 is 5.97 Å². The van der Waals surface area contributed by atoms with Crippen LogP contribution in [0, 0.1) is 0 Å². The van der Waals surface area contributed by atoms with Crippen LogP contribution in [-0.4, -0.2) is 58.9 Å². The van der Waals surface area contributed by atoms with Gasteiger partial charge in [0, 0.05) is 46.7 Å². The molecule has 1 saturated heterocycles. The Balaban J connectivity index is 1.43. The van der Waals surface area contributed by atoms with Gasteiger partial charge in [-0.3, -0.25) is 19.2 Å². The molecule has 5 rings (SSSR count). The maximum Gasteiger partial charge on any atom is 0.305 e. The van der Waals surface area contributed by atoms with Crippen molar-refractivity contribution in [1.29, 1.82) is 0 Å². The Labute approximate surface area is 260 Å². The van der Waals surface area contributed by atoms with Crippen molar-refractivity contribution in [3.8, 4) is 0 Å². The average molecular weight is 611 g/mol. The molecule has 1 aromatic heterocycles. The highest BCUT2D eigenvalue weighted by molar-refractivity contribution is 7.10. The number of nitrogens with zero attached hydrogens (tertiary/aromatic N) is 2. The quantitative estimate of drug-likeness (QED) is 0.224. The second-order valence-corrected chi connectivity index (χ2v) is 11.8. The summed E-state index contributed by atoms with van der Waals surface area (Å²) in [5.74, 6) is -1.84. The monoisotopic (exact) mass is 610 g/mol. The number of carbonyl (C=O) groups is 4. The van der Waals surface area contributed by atoms with Gasteiger partial charge in [-0.05, 0) is 67.8 Å². The first-order valence-electron chi connectivity index (χ1n) is 14.4. The summed E-state index contributed by atoms with van der Waals surface area (Å²) in [6.07, 6.45) is -0.261. The van der Waals surface area contributed by atoms with Gasteiger partial charge < -0.3 is 25.5 Å². The third-order valence-corrected chi connectivity index (χ3v) is 8.68. The van der Waals surface area contributed by atoms with Crippen LogP contribution < -0.4 is 15.5 Å². The van der Waals surface area contributed by atoms with E-state index in [0.717, 1.165) is 10.6 Å². The number of nitrogens with one attached hydrogen (secondary N) is 2. The van der Waals surface area contributed by atoms with E-state index >= 15 is 0 Å². The lowest BCUT2D eigenvalue weighted by molar-refractivity contribution is -0.137. The van der Waals surface area contributed by atoms with Crippen LogP contribution >= 0.6 is 11.3 Å². The van der Waals surface area contributed by atoms with E-state index in [1.54, 1.807) is 48.5 Å². The Morgan fingerprint density at radius 3 is 2.14 bits per heavy atom. The Morgan fingerprint density at radius 1 is 0.818 bits per heavy atom. The van der Waals surface area contributed by atoms with E-state index in [-0.39, 0.29) is 35.9 Å². The van der Waals surface area contributed by atoms with Crippen LogP contribution in [-0.2, 0) is 4.79 Å². The molecule has 44 heavy (non-hydrogen) atoms. The highest BCUT2D eigenvalue weighted by Crippen LogP contribution is 2.33. The van der Waals surface area contributed by atoms with Crippen LogP contribution in [0.5, 0.6) is 0 Å². The van der Waals surface area contributed by atoms with E-state index in [9.17, 15) is 24.3 Å². The molecule has 3 unspecified atom stereocenters. The lowest BCUT2D eigenvalue weighted by Gasteiger charge is -2.45. The van der Waals surface area contributed by atoms with Crippen molar-refractivity contribution in [3.05, 3.63) is 118 Å². The van der Waals surface area contributed by atoms with Gasteiger partial charge in [0.15, 0.2) is 0 Å². The molecule has 1 aliphatic heterocycles. The summed E-state index contributed by atoms with van der Waals surface area (Å²) < 4.78 is 0. The van der Waals surface area contributed by atoms with E-state index in [0.29, 0.717) is 29.9 Å². The molecule has 9 nitrogen and oxygen atoms in total.